The maximum Gasteiger partial charge on any atom is 0.333 e. The highest BCUT2D eigenvalue weighted by molar-refractivity contribution is 5.87. The molecule has 4 aliphatic carbocycles. The molecule has 18 heavy (non-hydrogen) atoms. The van der Waals surface area contributed by atoms with E-state index >= 15 is 0 Å². The summed E-state index contributed by atoms with van der Waals surface area (Å²) in [5.74, 6) is 2.99. The zero-order chi connectivity index (χ0) is 13.3. The minimum Gasteiger partial charge on any atom is -0.458 e. The Hall–Kier alpha value is -0.790. The molecular formula is C16H26O2. The number of esters is 1. The van der Waals surface area contributed by atoms with Crippen LogP contribution < -0.4 is 0 Å². The fourth-order valence-electron chi connectivity index (χ4n) is 4.29. The Morgan fingerprint density at radius 2 is 1.44 bits per heavy atom. The second kappa shape index (κ2) is 5.46. The van der Waals surface area contributed by atoms with Gasteiger partial charge in [0.25, 0.3) is 0 Å². The van der Waals surface area contributed by atoms with E-state index in [2.05, 4.69) is 6.58 Å². The summed E-state index contributed by atoms with van der Waals surface area (Å²) in [5, 5.41) is 0. The summed E-state index contributed by atoms with van der Waals surface area (Å²) in [7, 11) is 0. The lowest BCUT2D eigenvalue weighted by atomic mass is 9.55. The molecule has 0 aliphatic heterocycles. The smallest absolute Gasteiger partial charge is 0.333 e. The maximum absolute atomic E-state index is 11.6. The summed E-state index contributed by atoms with van der Waals surface area (Å²) in [5.41, 5.74) is 0.536. The van der Waals surface area contributed by atoms with Gasteiger partial charge in [0, 0.05) is 5.57 Å². The van der Waals surface area contributed by atoms with Crippen LogP contribution in [0.2, 0.25) is 0 Å². The van der Waals surface area contributed by atoms with Crippen LogP contribution in [0.15, 0.2) is 12.2 Å². The van der Waals surface area contributed by atoms with Crippen molar-refractivity contribution in [2.75, 3.05) is 0 Å². The third-order valence-corrected chi connectivity index (χ3v) is 4.73. The molecule has 4 fully saturated rings. The Balaban J connectivity index is 0.000000574. The van der Waals surface area contributed by atoms with Crippen molar-refractivity contribution in [2.45, 2.75) is 59.0 Å². The van der Waals surface area contributed by atoms with Crippen molar-refractivity contribution in [2.24, 2.45) is 23.7 Å². The summed E-state index contributed by atoms with van der Waals surface area (Å²) in [6, 6.07) is 0. The van der Waals surface area contributed by atoms with Gasteiger partial charge >= 0.3 is 5.97 Å². The summed E-state index contributed by atoms with van der Waals surface area (Å²) in [4.78, 5) is 11.6. The second-order valence-corrected chi connectivity index (χ2v) is 6.08. The fourth-order valence-corrected chi connectivity index (χ4v) is 4.29. The normalized spacial score (nSPS) is 39.8. The molecule has 0 aromatic rings. The lowest BCUT2D eigenvalue weighted by Gasteiger charge is -2.53. The van der Waals surface area contributed by atoms with Crippen LogP contribution in [0.5, 0.6) is 0 Å². The molecule has 0 N–H and O–H groups in total. The van der Waals surface area contributed by atoms with Gasteiger partial charge in [-0.3, -0.25) is 0 Å². The average molecular weight is 250 g/mol. The highest BCUT2D eigenvalue weighted by Gasteiger charge is 2.49. The Morgan fingerprint density at radius 3 is 1.83 bits per heavy atom. The van der Waals surface area contributed by atoms with Crippen LogP contribution in [-0.4, -0.2) is 12.1 Å². The SMILES string of the molecule is C=C(C)C(=O)OC1C2CC3CC(C2)CC1C3.CC. The Labute approximate surface area is 111 Å². The minimum absolute atomic E-state index is 0.183. The number of ether oxygens (including phenoxy) is 1. The van der Waals surface area contributed by atoms with Gasteiger partial charge in [-0.2, -0.15) is 0 Å². The third-order valence-electron chi connectivity index (χ3n) is 4.73. The van der Waals surface area contributed by atoms with E-state index in [1.54, 1.807) is 6.92 Å². The molecule has 0 aromatic carbocycles. The molecule has 0 aromatic heterocycles. The van der Waals surface area contributed by atoms with Crippen LogP contribution in [0.25, 0.3) is 0 Å². The first-order valence-electron chi connectivity index (χ1n) is 7.50. The molecular weight excluding hydrogens is 224 g/mol. The average Bonchev–Trinajstić information content (AvgIpc) is 2.35. The van der Waals surface area contributed by atoms with E-state index in [1.165, 1.54) is 32.1 Å². The molecule has 2 nitrogen and oxygen atoms in total. The van der Waals surface area contributed by atoms with Crippen LogP contribution in [0.3, 0.4) is 0 Å². The first kappa shape index (κ1) is 13.6. The number of hydrogen-bond donors (Lipinski definition) is 0. The number of carbonyl (C=O) groups excluding carboxylic acids is 1. The van der Waals surface area contributed by atoms with Gasteiger partial charge in [0.2, 0.25) is 0 Å². The van der Waals surface area contributed by atoms with E-state index in [9.17, 15) is 4.79 Å². The molecule has 0 saturated heterocycles. The topological polar surface area (TPSA) is 26.3 Å². The van der Waals surface area contributed by atoms with Crippen molar-refractivity contribution >= 4 is 5.97 Å². The lowest BCUT2D eigenvalue weighted by Crippen LogP contribution is -2.50. The molecule has 4 saturated carbocycles. The molecule has 0 unspecified atom stereocenters. The van der Waals surface area contributed by atoms with Crippen molar-refractivity contribution in [3.8, 4) is 0 Å². The fraction of sp³-hybridized carbons (Fsp3) is 0.812. The predicted octanol–water partition coefficient (Wildman–Crippen LogP) is 3.96. The summed E-state index contributed by atoms with van der Waals surface area (Å²) >= 11 is 0. The van der Waals surface area contributed by atoms with E-state index in [0.717, 1.165) is 11.8 Å². The Kier molecular flexibility index (Phi) is 4.14. The molecule has 0 amide bonds. The van der Waals surface area contributed by atoms with E-state index in [4.69, 9.17) is 4.74 Å². The van der Waals surface area contributed by atoms with Crippen LogP contribution in [-0.2, 0) is 9.53 Å². The van der Waals surface area contributed by atoms with Crippen LogP contribution >= 0.6 is 0 Å². The largest absolute Gasteiger partial charge is 0.458 e. The lowest BCUT2D eigenvalue weighted by molar-refractivity contribution is -0.166. The number of rotatable bonds is 2. The minimum atomic E-state index is -0.183. The van der Waals surface area contributed by atoms with Gasteiger partial charge in [-0.05, 0) is 62.7 Å². The Morgan fingerprint density at radius 1 is 1.00 bits per heavy atom. The molecule has 4 aliphatic rings. The predicted molar refractivity (Wildman–Crippen MR) is 73.1 cm³/mol. The third kappa shape index (κ3) is 2.48. The zero-order valence-corrected chi connectivity index (χ0v) is 11.9. The van der Waals surface area contributed by atoms with Crippen molar-refractivity contribution in [1.82, 2.24) is 0 Å². The van der Waals surface area contributed by atoms with Gasteiger partial charge < -0.3 is 4.74 Å². The highest BCUT2D eigenvalue weighted by atomic mass is 16.5. The monoisotopic (exact) mass is 250 g/mol. The maximum atomic E-state index is 11.6. The van der Waals surface area contributed by atoms with Crippen molar-refractivity contribution < 1.29 is 9.53 Å². The second-order valence-electron chi connectivity index (χ2n) is 6.08. The van der Waals surface area contributed by atoms with Crippen molar-refractivity contribution in [3.63, 3.8) is 0 Å². The molecule has 0 spiro atoms. The first-order valence-corrected chi connectivity index (χ1v) is 7.50. The van der Waals surface area contributed by atoms with Gasteiger partial charge in [0.05, 0.1) is 0 Å². The van der Waals surface area contributed by atoms with Gasteiger partial charge in [0.15, 0.2) is 0 Å². The summed E-state index contributed by atoms with van der Waals surface area (Å²) < 4.78 is 5.65. The summed E-state index contributed by atoms with van der Waals surface area (Å²) in [6.45, 7) is 9.40. The van der Waals surface area contributed by atoms with Crippen LogP contribution in [0.1, 0.15) is 52.9 Å². The van der Waals surface area contributed by atoms with Crippen LogP contribution in [0.4, 0.5) is 0 Å². The number of carbonyl (C=O) groups is 1. The van der Waals surface area contributed by atoms with E-state index in [0.29, 0.717) is 17.4 Å². The number of hydrogen-bond acceptors (Lipinski definition) is 2. The van der Waals surface area contributed by atoms with Gasteiger partial charge in [0.1, 0.15) is 6.10 Å². The van der Waals surface area contributed by atoms with Gasteiger partial charge in [-0.15, -0.1) is 0 Å². The molecule has 4 bridgehead atoms. The zero-order valence-electron chi connectivity index (χ0n) is 11.9. The van der Waals surface area contributed by atoms with E-state index < -0.39 is 0 Å². The van der Waals surface area contributed by atoms with E-state index in [-0.39, 0.29) is 12.1 Å². The van der Waals surface area contributed by atoms with Gasteiger partial charge in [-0.25, -0.2) is 4.79 Å². The van der Waals surface area contributed by atoms with E-state index in [1.807, 2.05) is 13.8 Å². The van der Waals surface area contributed by atoms with Gasteiger partial charge in [-0.1, -0.05) is 20.4 Å². The van der Waals surface area contributed by atoms with Crippen LogP contribution in [0, 0.1) is 23.7 Å². The highest BCUT2D eigenvalue weighted by Crippen LogP contribution is 2.54. The molecule has 4 rings (SSSR count). The molecule has 2 heteroatoms. The summed E-state index contributed by atoms with van der Waals surface area (Å²) in [6.07, 6.45) is 6.82. The standard InChI is InChI=1S/C14H20O2.C2H6/c1-8(2)14(15)16-13-11-4-9-3-10(6-11)7-12(13)5-9;1-2/h9-13H,1,3-7H2,2H3;1-2H3. The molecule has 102 valence electrons. The van der Waals surface area contributed by atoms with Crippen molar-refractivity contribution in [3.05, 3.63) is 12.2 Å². The van der Waals surface area contributed by atoms with Crippen molar-refractivity contribution in [1.29, 1.82) is 0 Å². The molecule has 0 radical (unpaired) electrons. The first-order chi connectivity index (χ1) is 8.63. The quantitative estimate of drug-likeness (QED) is 0.548. The molecule has 0 atom stereocenters. The molecule has 0 heterocycles. The Bertz CT molecular complexity index is 304.